The molecule has 1 heterocycles. The van der Waals surface area contributed by atoms with Gasteiger partial charge in [-0.1, -0.05) is 29.3 Å². The average Bonchev–Trinajstić information content (AvgIpc) is 2.82. The lowest BCUT2D eigenvalue weighted by Gasteiger charge is -2.15. The maximum atomic E-state index is 12.7. The molecule has 0 aliphatic rings. The SMILES string of the molecule is COc1cc2c(=O)oc3cc(OC(=O)/C=C/c4ccc(Cl)cc4Cl)ccc3c2c(OC)c1OC. The van der Waals surface area contributed by atoms with Crippen LogP contribution in [0.1, 0.15) is 5.56 Å². The molecule has 0 spiro atoms. The van der Waals surface area contributed by atoms with Gasteiger partial charge >= 0.3 is 11.6 Å². The molecule has 0 unspecified atom stereocenters. The van der Waals surface area contributed by atoms with Crippen LogP contribution < -0.4 is 24.6 Å². The van der Waals surface area contributed by atoms with Gasteiger partial charge in [0.25, 0.3) is 0 Å². The van der Waals surface area contributed by atoms with E-state index < -0.39 is 11.6 Å². The number of hydrogen-bond acceptors (Lipinski definition) is 7. The molecule has 1 aromatic heterocycles. The minimum absolute atomic E-state index is 0.186. The predicted octanol–water partition coefficient (Wildman–Crippen LogP) is 5.90. The number of carbonyl (C=O) groups is 1. The van der Waals surface area contributed by atoms with Crippen molar-refractivity contribution in [2.45, 2.75) is 0 Å². The van der Waals surface area contributed by atoms with Gasteiger partial charge in [-0.05, 0) is 42.0 Å². The second kappa shape index (κ2) is 9.67. The molecule has 0 fully saturated rings. The molecule has 0 atom stereocenters. The summed E-state index contributed by atoms with van der Waals surface area (Å²) >= 11 is 12.0. The van der Waals surface area contributed by atoms with E-state index in [1.165, 1.54) is 45.6 Å². The molecule has 7 nitrogen and oxygen atoms in total. The van der Waals surface area contributed by atoms with E-state index in [4.69, 9.17) is 46.6 Å². The zero-order chi connectivity index (χ0) is 24.4. The molecule has 0 aliphatic heterocycles. The highest BCUT2D eigenvalue weighted by molar-refractivity contribution is 6.35. The molecule has 4 aromatic rings. The second-order valence-corrected chi connectivity index (χ2v) is 7.88. The summed E-state index contributed by atoms with van der Waals surface area (Å²) in [6.07, 6.45) is 2.75. The number of methoxy groups -OCH3 is 3. The molecule has 0 bridgehead atoms. The Hall–Kier alpha value is -3.68. The van der Waals surface area contributed by atoms with Crippen molar-refractivity contribution in [2.75, 3.05) is 21.3 Å². The van der Waals surface area contributed by atoms with E-state index in [1.807, 2.05) is 0 Å². The Labute approximate surface area is 204 Å². The quantitative estimate of drug-likeness (QED) is 0.107. The van der Waals surface area contributed by atoms with Crippen LogP contribution in [0.5, 0.6) is 23.0 Å². The largest absolute Gasteiger partial charge is 0.493 e. The van der Waals surface area contributed by atoms with Crippen molar-refractivity contribution in [2.24, 2.45) is 0 Å². The Kier molecular flexibility index (Phi) is 6.68. The fourth-order valence-electron chi connectivity index (χ4n) is 3.54. The van der Waals surface area contributed by atoms with Crippen LogP contribution in [0.25, 0.3) is 27.8 Å². The second-order valence-electron chi connectivity index (χ2n) is 7.04. The van der Waals surface area contributed by atoms with Crippen LogP contribution in [0.15, 0.2) is 57.8 Å². The van der Waals surface area contributed by atoms with E-state index in [9.17, 15) is 9.59 Å². The maximum Gasteiger partial charge on any atom is 0.344 e. The zero-order valence-corrected chi connectivity index (χ0v) is 19.8. The lowest BCUT2D eigenvalue weighted by Crippen LogP contribution is -2.05. The van der Waals surface area contributed by atoms with Crippen molar-refractivity contribution < 1.29 is 28.2 Å². The Morgan fingerprint density at radius 2 is 1.68 bits per heavy atom. The Morgan fingerprint density at radius 3 is 2.35 bits per heavy atom. The van der Waals surface area contributed by atoms with Gasteiger partial charge in [-0.3, -0.25) is 0 Å². The summed E-state index contributed by atoms with van der Waals surface area (Å²) in [6, 6.07) is 11.1. The molecule has 0 amide bonds. The first-order chi connectivity index (χ1) is 16.4. The topological polar surface area (TPSA) is 84.2 Å². The van der Waals surface area contributed by atoms with Gasteiger partial charge < -0.3 is 23.4 Å². The van der Waals surface area contributed by atoms with Crippen LogP contribution >= 0.6 is 23.2 Å². The standard InChI is InChI=1S/C25H18Cl2O7/c1-30-20-12-17-22(24(32-3)23(20)31-2)16-8-7-15(11-19(16)34-25(17)29)33-21(28)9-5-13-4-6-14(26)10-18(13)27/h4-12H,1-3H3/b9-5+. The number of rotatable bonds is 6. The minimum atomic E-state index is -0.641. The van der Waals surface area contributed by atoms with Gasteiger partial charge in [0.05, 0.1) is 26.7 Å². The maximum absolute atomic E-state index is 12.7. The summed E-state index contributed by atoms with van der Waals surface area (Å²) in [5.41, 5.74) is 0.205. The first kappa shape index (κ1) is 23.5. The van der Waals surface area contributed by atoms with Crippen LogP contribution in [0.2, 0.25) is 10.0 Å². The lowest BCUT2D eigenvalue weighted by atomic mass is 10.0. The number of benzene rings is 3. The molecule has 4 rings (SSSR count). The van der Waals surface area contributed by atoms with Gasteiger partial charge in [-0.2, -0.15) is 0 Å². The van der Waals surface area contributed by atoms with Gasteiger partial charge in [0, 0.05) is 33.0 Å². The minimum Gasteiger partial charge on any atom is -0.493 e. The van der Waals surface area contributed by atoms with Crippen LogP contribution in [-0.4, -0.2) is 27.3 Å². The zero-order valence-electron chi connectivity index (χ0n) is 18.3. The van der Waals surface area contributed by atoms with E-state index in [0.717, 1.165) is 0 Å². The molecule has 9 heteroatoms. The number of ether oxygens (including phenoxy) is 4. The molecule has 3 aromatic carbocycles. The van der Waals surface area contributed by atoms with Gasteiger partial charge in [-0.25, -0.2) is 9.59 Å². The highest BCUT2D eigenvalue weighted by Crippen LogP contribution is 2.45. The number of halogens is 2. The van der Waals surface area contributed by atoms with Crippen molar-refractivity contribution in [3.63, 3.8) is 0 Å². The van der Waals surface area contributed by atoms with Crippen molar-refractivity contribution >= 4 is 57.0 Å². The molecule has 34 heavy (non-hydrogen) atoms. The van der Waals surface area contributed by atoms with Gasteiger partial charge in [0.2, 0.25) is 5.75 Å². The normalized spacial score (nSPS) is 11.2. The molecule has 0 saturated heterocycles. The highest BCUT2D eigenvalue weighted by atomic mass is 35.5. The number of carbonyl (C=O) groups excluding carboxylic acids is 1. The molecule has 0 aliphatic carbocycles. The van der Waals surface area contributed by atoms with Crippen molar-refractivity contribution in [3.8, 4) is 23.0 Å². The highest BCUT2D eigenvalue weighted by Gasteiger charge is 2.21. The number of esters is 1. The summed E-state index contributed by atoms with van der Waals surface area (Å²) in [6.45, 7) is 0. The molecule has 0 N–H and O–H groups in total. The molecular formula is C25H18Cl2O7. The number of hydrogen-bond donors (Lipinski definition) is 0. The monoisotopic (exact) mass is 500 g/mol. The van der Waals surface area contributed by atoms with Gasteiger partial charge in [-0.15, -0.1) is 0 Å². The summed E-state index contributed by atoms with van der Waals surface area (Å²) < 4.78 is 27.1. The Balaban J connectivity index is 1.73. The number of fused-ring (bicyclic) bond motifs is 3. The van der Waals surface area contributed by atoms with Gasteiger partial charge in [0.1, 0.15) is 11.3 Å². The van der Waals surface area contributed by atoms with E-state index in [2.05, 4.69) is 0 Å². The molecule has 174 valence electrons. The van der Waals surface area contributed by atoms with Crippen LogP contribution in [-0.2, 0) is 4.79 Å². The lowest BCUT2D eigenvalue weighted by molar-refractivity contribution is -0.128. The van der Waals surface area contributed by atoms with Crippen molar-refractivity contribution in [1.82, 2.24) is 0 Å². The van der Waals surface area contributed by atoms with E-state index in [1.54, 1.807) is 30.3 Å². The Bertz CT molecular complexity index is 1510. The summed E-state index contributed by atoms with van der Waals surface area (Å²) in [7, 11) is 4.40. The average molecular weight is 501 g/mol. The summed E-state index contributed by atoms with van der Waals surface area (Å²) in [5, 5.41) is 2.20. The smallest absolute Gasteiger partial charge is 0.344 e. The third-order valence-electron chi connectivity index (χ3n) is 5.05. The van der Waals surface area contributed by atoms with Crippen LogP contribution in [0.4, 0.5) is 0 Å². The summed E-state index contributed by atoms with van der Waals surface area (Å²) in [5.74, 6) is 0.536. The van der Waals surface area contributed by atoms with E-state index in [-0.39, 0.29) is 16.7 Å². The third kappa shape index (κ3) is 4.40. The van der Waals surface area contributed by atoms with Crippen molar-refractivity contribution in [1.29, 1.82) is 0 Å². The first-order valence-corrected chi connectivity index (χ1v) is 10.7. The first-order valence-electron chi connectivity index (χ1n) is 9.90. The predicted molar refractivity (Wildman–Crippen MR) is 131 cm³/mol. The van der Waals surface area contributed by atoms with Crippen molar-refractivity contribution in [3.05, 3.63) is 74.6 Å². The fraction of sp³-hybridized carbons (Fsp3) is 0.120. The molecular weight excluding hydrogens is 483 g/mol. The molecule has 0 radical (unpaired) electrons. The van der Waals surface area contributed by atoms with Crippen LogP contribution in [0, 0.1) is 0 Å². The summed E-state index contributed by atoms with van der Waals surface area (Å²) in [4.78, 5) is 25.0. The van der Waals surface area contributed by atoms with E-state index in [0.29, 0.717) is 43.6 Å². The Morgan fingerprint density at radius 1 is 0.912 bits per heavy atom. The fourth-order valence-corrected chi connectivity index (χ4v) is 4.01. The van der Waals surface area contributed by atoms with Gasteiger partial charge in [0.15, 0.2) is 11.5 Å². The third-order valence-corrected chi connectivity index (χ3v) is 5.62. The van der Waals surface area contributed by atoms with Crippen LogP contribution in [0.3, 0.4) is 0 Å². The molecule has 0 saturated carbocycles. The van der Waals surface area contributed by atoms with E-state index >= 15 is 0 Å².